The van der Waals surface area contributed by atoms with Crippen LogP contribution in [0.5, 0.6) is 0 Å². The summed E-state index contributed by atoms with van der Waals surface area (Å²) in [5, 5.41) is 5.93. The van der Waals surface area contributed by atoms with Crippen molar-refractivity contribution in [3.05, 3.63) is 0 Å². The van der Waals surface area contributed by atoms with Gasteiger partial charge in [0.1, 0.15) is 6.04 Å². The number of morpholine rings is 1. The van der Waals surface area contributed by atoms with Crippen LogP contribution in [-0.2, 0) is 14.3 Å². The molecule has 3 atom stereocenters. The first kappa shape index (κ1) is 14.3. The van der Waals surface area contributed by atoms with Crippen LogP contribution in [0.15, 0.2) is 0 Å². The molecule has 19 heavy (non-hydrogen) atoms. The third kappa shape index (κ3) is 3.25. The molecule has 0 aromatic carbocycles. The highest BCUT2D eigenvalue weighted by Gasteiger charge is 2.36. The number of amides is 2. The molecule has 6 heteroatoms. The molecule has 0 aliphatic carbocycles. The maximum Gasteiger partial charge on any atom is 0.244 e. The van der Waals surface area contributed by atoms with E-state index in [0.29, 0.717) is 19.2 Å². The lowest BCUT2D eigenvalue weighted by Crippen LogP contribution is -2.60. The van der Waals surface area contributed by atoms with Gasteiger partial charge in [0.2, 0.25) is 11.8 Å². The number of hydrogen-bond donors (Lipinski definition) is 2. The minimum absolute atomic E-state index is 0.0310. The highest BCUT2D eigenvalue weighted by atomic mass is 16.5. The van der Waals surface area contributed by atoms with E-state index in [1.807, 2.05) is 0 Å². The number of nitrogens with zero attached hydrogens (tertiary/aromatic N) is 1. The van der Waals surface area contributed by atoms with Gasteiger partial charge in [-0.05, 0) is 26.2 Å². The van der Waals surface area contributed by atoms with Crippen LogP contribution in [0.4, 0.5) is 0 Å². The van der Waals surface area contributed by atoms with Crippen molar-refractivity contribution >= 4 is 11.8 Å². The van der Waals surface area contributed by atoms with E-state index in [1.54, 1.807) is 11.9 Å². The van der Waals surface area contributed by atoms with E-state index in [4.69, 9.17) is 4.74 Å². The Bertz CT molecular complexity index is 348. The van der Waals surface area contributed by atoms with Crippen molar-refractivity contribution in [3.8, 4) is 0 Å². The highest BCUT2D eigenvalue weighted by Crippen LogP contribution is 2.17. The molecular formula is C13H23N3O3. The summed E-state index contributed by atoms with van der Waals surface area (Å²) in [5.41, 5.74) is 0. The topological polar surface area (TPSA) is 70.7 Å². The number of hydrogen-bond acceptors (Lipinski definition) is 4. The maximum absolute atomic E-state index is 12.6. The van der Waals surface area contributed by atoms with E-state index in [0.717, 1.165) is 19.3 Å². The average Bonchev–Trinajstić information content (AvgIpc) is 2.45. The molecule has 0 saturated carbocycles. The summed E-state index contributed by atoms with van der Waals surface area (Å²) >= 11 is 0. The normalized spacial score (nSPS) is 31.9. The summed E-state index contributed by atoms with van der Waals surface area (Å²) in [6, 6.07) is -0.290. The Hall–Kier alpha value is -1.14. The molecule has 2 N–H and O–H groups in total. The molecular weight excluding hydrogens is 246 g/mol. The highest BCUT2D eigenvalue weighted by molar-refractivity contribution is 5.90. The molecule has 2 aliphatic heterocycles. The third-order valence-corrected chi connectivity index (χ3v) is 3.87. The van der Waals surface area contributed by atoms with Gasteiger partial charge < -0.3 is 20.3 Å². The van der Waals surface area contributed by atoms with Crippen LogP contribution < -0.4 is 10.6 Å². The van der Waals surface area contributed by atoms with Crippen molar-refractivity contribution in [3.63, 3.8) is 0 Å². The van der Waals surface area contributed by atoms with E-state index in [2.05, 4.69) is 17.6 Å². The van der Waals surface area contributed by atoms with Crippen molar-refractivity contribution in [2.24, 2.45) is 0 Å². The smallest absolute Gasteiger partial charge is 0.244 e. The second-order valence-corrected chi connectivity index (χ2v) is 5.29. The molecule has 0 radical (unpaired) electrons. The number of rotatable bonds is 2. The number of nitrogens with one attached hydrogen (secondary N) is 2. The standard InChI is InChI=1S/C13H23N3O3/c1-9-4-3-5-10(15-9)13(18)16-6-7-19-8-11(16)12(17)14-2/h9-11,15H,3-8H2,1-2H3,(H,14,17). The Balaban J connectivity index is 2.04. The van der Waals surface area contributed by atoms with Crippen LogP contribution in [0.2, 0.25) is 0 Å². The Morgan fingerprint density at radius 2 is 2.16 bits per heavy atom. The average molecular weight is 269 g/mol. The van der Waals surface area contributed by atoms with Crippen molar-refractivity contribution in [2.75, 3.05) is 26.8 Å². The fraction of sp³-hybridized carbons (Fsp3) is 0.846. The molecule has 2 saturated heterocycles. The van der Waals surface area contributed by atoms with Crippen molar-refractivity contribution in [1.82, 2.24) is 15.5 Å². The number of likely N-dealkylation sites (N-methyl/N-ethyl adjacent to an activating group) is 1. The van der Waals surface area contributed by atoms with Gasteiger partial charge in [-0.1, -0.05) is 0 Å². The lowest BCUT2D eigenvalue weighted by Gasteiger charge is -2.38. The number of piperidine rings is 1. The number of ether oxygens (including phenoxy) is 1. The van der Waals surface area contributed by atoms with Gasteiger partial charge in [-0.15, -0.1) is 0 Å². The molecule has 108 valence electrons. The maximum atomic E-state index is 12.6. The van der Waals surface area contributed by atoms with Crippen LogP contribution in [0.3, 0.4) is 0 Å². The molecule has 0 spiro atoms. The van der Waals surface area contributed by atoms with Gasteiger partial charge in [-0.2, -0.15) is 0 Å². The molecule has 2 heterocycles. The summed E-state index contributed by atoms with van der Waals surface area (Å²) in [5.74, 6) is -0.125. The van der Waals surface area contributed by atoms with Crippen LogP contribution in [-0.4, -0.2) is 61.6 Å². The largest absolute Gasteiger partial charge is 0.377 e. The Morgan fingerprint density at radius 1 is 1.37 bits per heavy atom. The predicted octanol–water partition coefficient (Wildman–Crippen LogP) is -0.510. The molecule has 0 bridgehead atoms. The second kappa shape index (κ2) is 6.34. The quantitative estimate of drug-likeness (QED) is 0.708. The summed E-state index contributed by atoms with van der Waals surface area (Å²) in [7, 11) is 1.58. The first-order chi connectivity index (χ1) is 9.13. The molecule has 2 amide bonds. The van der Waals surface area contributed by atoms with Gasteiger partial charge in [0.15, 0.2) is 0 Å². The second-order valence-electron chi connectivity index (χ2n) is 5.29. The molecule has 0 aromatic heterocycles. The monoisotopic (exact) mass is 269 g/mol. The fourth-order valence-corrected chi connectivity index (χ4v) is 2.78. The van der Waals surface area contributed by atoms with E-state index >= 15 is 0 Å². The summed E-state index contributed by atoms with van der Waals surface area (Å²) in [6.45, 7) is 3.37. The van der Waals surface area contributed by atoms with Crippen LogP contribution in [0.25, 0.3) is 0 Å². The van der Waals surface area contributed by atoms with Crippen molar-refractivity contribution in [2.45, 2.75) is 44.3 Å². The van der Waals surface area contributed by atoms with Crippen LogP contribution in [0, 0.1) is 0 Å². The lowest BCUT2D eigenvalue weighted by atomic mass is 9.98. The molecule has 0 aromatic rings. The van der Waals surface area contributed by atoms with Gasteiger partial charge in [-0.25, -0.2) is 0 Å². The molecule has 3 unspecified atom stereocenters. The van der Waals surface area contributed by atoms with Gasteiger partial charge in [0, 0.05) is 19.6 Å². The molecule has 6 nitrogen and oxygen atoms in total. The Morgan fingerprint density at radius 3 is 2.84 bits per heavy atom. The lowest BCUT2D eigenvalue weighted by molar-refractivity contribution is -0.150. The zero-order valence-electron chi connectivity index (χ0n) is 11.6. The van der Waals surface area contributed by atoms with E-state index in [-0.39, 0.29) is 24.5 Å². The molecule has 2 aliphatic rings. The summed E-state index contributed by atoms with van der Waals surface area (Å²) in [4.78, 5) is 26.0. The molecule has 2 fully saturated rings. The first-order valence-corrected chi connectivity index (χ1v) is 6.99. The zero-order valence-corrected chi connectivity index (χ0v) is 11.6. The number of carbonyl (C=O) groups is 2. The van der Waals surface area contributed by atoms with Crippen LogP contribution >= 0.6 is 0 Å². The SMILES string of the molecule is CNC(=O)C1COCCN1C(=O)C1CCCC(C)N1. The first-order valence-electron chi connectivity index (χ1n) is 6.99. The third-order valence-electron chi connectivity index (χ3n) is 3.87. The van der Waals surface area contributed by atoms with E-state index in [1.165, 1.54) is 0 Å². The molecule has 2 rings (SSSR count). The summed E-state index contributed by atoms with van der Waals surface area (Å²) in [6.07, 6.45) is 3.01. The van der Waals surface area contributed by atoms with Crippen LogP contribution in [0.1, 0.15) is 26.2 Å². The Kier molecular flexibility index (Phi) is 4.76. The minimum atomic E-state index is -0.495. The van der Waals surface area contributed by atoms with Gasteiger partial charge in [0.25, 0.3) is 0 Å². The van der Waals surface area contributed by atoms with Gasteiger partial charge in [0.05, 0.1) is 19.3 Å². The Labute approximate surface area is 113 Å². The van der Waals surface area contributed by atoms with Gasteiger partial charge in [-0.3, -0.25) is 9.59 Å². The van der Waals surface area contributed by atoms with Gasteiger partial charge >= 0.3 is 0 Å². The number of carbonyl (C=O) groups excluding carboxylic acids is 2. The predicted molar refractivity (Wildman–Crippen MR) is 70.6 cm³/mol. The fourth-order valence-electron chi connectivity index (χ4n) is 2.78. The van der Waals surface area contributed by atoms with Crippen molar-refractivity contribution < 1.29 is 14.3 Å². The van der Waals surface area contributed by atoms with Crippen molar-refractivity contribution in [1.29, 1.82) is 0 Å². The zero-order chi connectivity index (χ0) is 13.8. The van der Waals surface area contributed by atoms with E-state index in [9.17, 15) is 9.59 Å². The minimum Gasteiger partial charge on any atom is -0.377 e. The summed E-state index contributed by atoms with van der Waals surface area (Å²) < 4.78 is 5.32. The van der Waals surface area contributed by atoms with E-state index < -0.39 is 6.04 Å².